The van der Waals surface area contributed by atoms with Crippen LogP contribution in [0.4, 0.5) is 10.1 Å². The van der Waals surface area contributed by atoms with Crippen molar-refractivity contribution in [2.75, 3.05) is 31.6 Å². The number of rotatable bonds is 8. The Morgan fingerprint density at radius 2 is 1.75 bits per heavy atom. The molecule has 6 nitrogen and oxygen atoms in total. The fourth-order valence-corrected chi connectivity index (χ4v) is 4.17. The first-order chi connectivity index (χ1) is 13.2. The van der Waals surface area contributed by atoms with Crippen molar-refractivity contribution in [3.63, 3.8) is 0 Å². The molecule has 0 saturated heterocycles. The van der Waals surface area contributed by atoms with Crippen LogP contribution >= 0.6 is 0 Å². The Balaban J connectivity index is 2.22. The molecule has 2 rings (SSSR count). The van der Waals surface area contributed by atoms with E-state index in [-0.39, 0.29) is 18.0 Å². The van der Waals surface area contributed by atoms with Crippen LogP contribution in [0, 0.1) is 12.7 Å². The molecule has 0 bridgehead atoms. The van der Waals surface area contributed by atoms with Gasteiger partial charge in [-0.2, -0.15) is 4.31 Å². The van der Waals surface area contributed by atoms with E-state index in [4.69, 9.17) is 4.74 Å². The lowest BCUT2D eigenvalue weighted by Crippen LogP contribution is -2.41. The number of carbonyl (C=O) groups is 1. The van der Waals surface area contributed by atoms with E-state index in [0.29, 0.717) is 23.6 Å². The second kappa shape index (κ2) is 9.16. The molecule has 0 radical (unpaired) electrons. The Morgan fingerprint density at radius 3 is 2.29 bits per heavy atom. The molecular weight excluding hydrogens is 383 g/mol. The first-order valence-corrected chi connectivity index (χ1v) is 10.4. The van der Waals surface area contributed by atoms with Crippen LogP contribution < -0.4 is 9.64 Å². The predicted octanol–water partition coefficient (Wildman–Crippen LogP) is 3.21. The zero-order valence-corrected chi connectivity index (χ0v) is 17.3. The summed E-state index contributed by atoms with van der Waals surface area (Å²) in [6.45, 7) is 5.60. The fraction of sp³-hybridized carbons (Fsp3) is 0.350. The lowest BCUT2D eigenvalue weighted by molar-refractivity contribution is -0.118. The van der Waals surface area contributed by atoms with Gasteiger partial charge in [0.25, 0.3) is 0 Å². The smallest absolute Gasteiger partial charge is 0.243 e. The van der Waals surface area contributed by atoms with E-state index >= 15 is 0 Å². The first kappa shape index (κ1) is 21.8. The lowest BCUT2D eigenvalue weighted by atomic mass is 10.2. The van der Waals surface area contributed by atoms with E-state index in [2.05, 4.69) is 0 Å². The van der Waals surface area contributed by atoms with Crippen molar-refractivity contribution in [1.29, 1.82) is 0 Å². The number of hydrogen-bond donors (Lipinski definition) is 0. The van der Waals surface area contributed by atoms with E-state index in [0.717, 1.165) is 4.31 Å². The van der Waals surface area contributed by atoms with Crippen molar-refractivity contribution in [2.45, 2.75) is 25.7 Å². The highest BCUT2D eigenvalue weighted by Crippen LogP contribution is 2.24. The van der Waals surface area contributed by atoms with E-state index in [9.17, 15) is 17.6 Å². The summed E-state index contributed by atoms with van der Waals surface area (Å²) in [5.74, 6) is -0.204. The van der Waals surface area contributed by atoms with Crippen LogP contribution in [-0.2, 0) is 14.8 Å². The summed E-state index contributed by atoms with van der Waals surface area (Å²) >= 11 is 0. The summed E-state index contributed by atoms with van der Waals surface area (Å²) in [6, 6.07) is 10.1. The minimum atomic E-state index is -3.85. The molecule has 0 unspecified atom stereocenters. The van der Waals surface area contributed by atoms with Gasteiger partial charge in [-0.05, 0) is 61.9 Å². The second-order valence-corrected chi connectivity index (χ2v) is 8.16. The summed E-state index contributed by atoms with van der Waals surface area (Å²) in [7, 11) is -2.33. The van der Waals surface area contributed by atoms with Crippen LogP contribution in [0.5, 0.6) is 5.75 Å². The molecule has 2 aromatic rings. The molecule has 1 amide bonds. The van der Waals surface area contributed by atoms with E-state index < -0.39 is 21.7 Å². The normalized spacial score (nSPS) is 11.5. The molecule has 0 N–H and O–H groups in total. The van der Waals surface area contributed by atoms with Gasteiger partial charge in [0, 0.05) is 19.3 Å². The van der Waals surface area contributed by atoms with E-state index in [1.54, 1.807) is 19.9 Å². The van der Waals surface area contributed by atoms with Crippen molar-refractivity contribution >= 4 is 21.6 Å². The minimum absolute atomic E-state index is 0.104. The van der Waals surface area contributed by atoms with Gasteiger partial charge in [-0.25, -0.2) is 12.8 Å². The Morgan fingerprint density at radius 1 is 1.11 bits per heavy atom. The number of hydrogen-bond acceptors (Lipinski definition) is 4. The van der Waals surface area contributed by atoms with Crippen LogP contribution in [0.1, 0.15) is 19.4 Å². The average molecular weight is 408 g/mol. The van der Waals surface area contributed by atoms with Crippen molar-refractivity contribution in [3.05, 3.63) is 53.8 Å². The standard InChI is InChI=1S/C20H25FN2O4S/c1-5-23(14-20(24)22(4)17-9-7-16(21)8-10-17)28(25,26)18-11-12-19(27-6-2)15(3)13-18/h7-13H,5-6,14H2,1-4H3. The molecule has 0 aliphatic rings. The molecule has 0 atom stereocenters. The lowest BCUT2D eigenvalue weighted by Gasteiger charge is -2.24. The van der Waals surface area contributed by atoms with Crippen molar-refractivity contribution < 1.29 is 22.3 Å². The third-order valence-electron chi connectivity index (χ3n) is 4.34. The molecular formula is C20H25FN2O4S. The van der Waals surface area contributed by atoms with Gasteiger partial charge < -0.3 is 9.64 Å². The number of benzene rings is 2. The summed E-state index contributed by atoms with van der Waals surface area (Å²) < 4.78 is 45.6. The fourth-order valence-electron chi connectivity index (χ4n) is 2.68. The molecule has 0 saturated carbocycles. The van der Waals surface area contributed by atoms with Crippen molar-refractivity contribution in [2.24, 2.45) is 0 Å². The van der Waals surface area contributed by atoms with Crippen LogP contribution in [0.3, 0.4) is 0 Å². The number of aryl methyl sites for hydroxylation is 1. The Hall–Kier alpha value is -2.45. The monoisotopic (exact) mass is 408 g/mol. The number of nitrogens with zero attached hydrogens (tertiary/aromatic N) is 2. The number of carbonyl (C=O) groups excluding carboxylic acids is 1. The maximum Gasteiger partial charge on any atom is 0.243 e. The molecule has 0 fully saturated rings. The molecule has 0 spiro atoms. The maximum atomic E-state index is 13.1. The van der Waals surface area contributed by atoms with Crippen LogP contribution in [0.2, 0.25) is 0 Å². The summed E-state index contributed by atoms with van der Waals surface area (Å²) in [5, 5.41) is 0. The van der Waals surface area contributed by atoms with Gasteiger partial charge in [0.15, 0.2) is 0 Å². The van der Waals surface area contributed by atoms with Crippen LogP contribution in [-0.4, -0.2) is 45.4 Å². The molecule has 0 aliphatic heterocycles. The second-order valence-electron chi connectivity index (χ2n) is 6.22. The highest BCUT2D eigenvalue weighted by Gasteiger charge is 2.27. The van der Waals surface area contributed by atoms with Crippen LogP contribution in [0.15, 0.2) is 47.4 Å². The molecule has 152 valence electrons. The highest BCUT2D eigenvalue weighted by molar-refractivity contribution is 7.89. The van der Waals surface area contributed by atoms with Crippen molar-refractivity contribution in [1.82, 2.24) is 4.31 Å². The van der Waals surface area contributed by atoms with E-state index in [1.165, 1.54) is 48.3 Å². The molecule has 0 aromatic heterocycles. The van der Waals surface area contributed by atoms with E-state index in [1.807, 2.05) is 6.92 Å². The van der Waals surface area contributed by atoms with Crippen molar-refractivity contribution in [3.8, 4) is 5.75 Å². The SMILES string of the molecule is CCOc1ccc(S(=O)(=O)N(CC)CC(=O)N(C)c2ccc(F)cc2)cc1C. The predicted molar refractivity (Wildman–Crippen MR) is 107 cm³/mol. The minimum Gasteiger partial charge on any atom is -0.494 e. The number of amides is 1. The van der Waals surface area contributed by atoms with Gasteiger partial charge in [-0.3, -0.25) is 4.79 Å². The van der Waals surface area contributed by atoms with Gasteiger partial charge in [-0.15, -0.1) is 0 Å². The van der Waals surface area contributed by atoms with Gasteiger partial charge >= 0.3 is 0 Å². The van der Waals surface area contributed by atoms with Crippen LogP contribution in [0.25, 0.3) is 0 Å². The average Bonchev–Trinajstić information content (AvgIpc) is 2.67. The topological polar surface area (TPSA) is 66.9 Å². The van der Waals surface area contributed by atoms with Gasteiger partial charge in [-0.1, -0.05) is 6.92 Å². The largest absolute Gasteiger partial charge is 0.494 e. The third-order valence-corrected chi connectivity index (χ3v) is 6.25. The number of ether oxygens (including phenoxy) is 1. The Kier molecular flexibility index (Phi) is 7.15. The third kappa shape index (κ3) is 4.88. The highest BCUT2D eigenvalue weighted by atomic mass is 32.2. The zero-order chi connectivity index (χ0) is 20.9. The Bertz CT molecular complexity index is 930. The summed E-state index contributed by atoms with van der Waals surface area (Å²) in [5.41, 5.74) is 1.19. The number of halogens is 1. The summed E-state index contributed by atoms with van der Waals surface area (Å²) in [4.78, 5) is 14.0. The van der Waals surface area contributed by atoms with Gasteiger partial charge in [0.1, 0.15) is 11.6 Å². The molecule has 2 aromatic carbocycles. The molecule has 0 heterocycles. The number of likely N-dealkylation sites (N-methyl/N-ethyl adjacent to an activating group) is 2. The van der Waals surface area contributed by atoms with Gasteiger partial charge in [0.2, 0.25) is 15.9 Å². The first-order valence-electron chi connectivity index (χ1n) is 8.96. The number of sulfonamides is 1. The summed E-state index contributed by atoms with van der Waals surface area (Å²) in [6.07, 6.45) is 0. The molecule has 8 heteroatoms. The molecule has 28 heavy (non-hydrogen) atoms. The Labute approximate surface area is 165 Å². The zero-order valence-electron chi connectivity index (χ0n) is 16.5. The quantitative estimate of drug-likeness (QED) is 0.673. The van der Waals surface area contributed by atoms with Gasteiger partial charge in [0.05, 0.1) is 18.0 Å². The molecule has 0 aliphatic carbocycles. The number of anilines is 1. The maximum absolute atomic E-state index is 13.1.